The number of hydrogen-bond donors (Lipinski definition) is 1. The van der Waals surface area contributed by atoms with Crippen LogP contribution in [0.25, 0.3) is 0 Å². The summed E-state index contributed by atoms with van der Waals surface area (Å²) < 4.78 is 0. The fraction of sp³-hybridized carbons (Fsp3) is 0.714. The van der Waals surface area contributed by atoms with Gasteiger partial charge in [0.25, 0.3) is 0 Å². The molecule has 1 aromatic rings. The Morgan fingerprint density at radius 1 is 1.47 bits per heavy atom. The predicted octanol–water partition coefficient (Wildman–Crippen LogP) is 2.88. The summed E-state index contributed by atoms with van der Waals surface area (Å²) in [6.45, 7) is 11.5. The van der Waals surface area contributed by atoms with E-state index in [4.69, 9.17) is 0 Å². The van der Waals surface area contributed by atoms with E-state index in [9.17, 15) is 0 Å². The molecule has 1 saturated heterocycles. The highest BCUT2D eigenvalue weighted by Crippen LogP contribution is 2.22. The average Bonchev–Trinajstić information content (AvgIpc) is 2.76. The van der Waals surface area contributed by atoms with Gasteiger partial charge < -0.3 is 5.32 Å². The first-order chi connectivity index (χ1) is 8.17. The van der Waals surface area contributed by atoms with Crippen LogP contribution in [-0.4, -0.2) is 30.1 Å². The summed E-state index contributed by atoms with van der Waals surface area (Å²) in [7, 11) is 0. The van der Waals surface area contributed by atoms with Crippen LogP contribution in [0, 0.1) is 0 Å². The van der Waals surface area contributed by atoms with Gasteiger partial charge in [-0.25, -0.2) is 0 Å². The molecule has 2 heterocycles. The van der Waals surface area contributed by atoms with Gasteiger partial charge in [-0.2, -0.15) is 0 Å². The van der Waals surface area contributed by atoms with E-state index in [0.717, 1.165) is 19.5 Å². The van der Waals surface area contributed by atoms with Crippen LogP contribution in [0.4, 0.5) is 0 Å². The van der Waals surface area contributed by atoms with Gasteiger partial charge in [-0.1, -0.05) is 13.8 Å². The number of nitrogens with one attached hydrogen (secondary N) is 1. The van der Waals surface area contributed by atoms with Crippen LogP contribution in [0.5, 0.6) is 0 Å². The summed E-state index contributed by atoms with van der Waals surface area (Å²) >= 11 is 1.91. The molecule has 1 aliphatic rings. The molecule has 3 heteroatoms. The second kappa shape index (κ2) is 5.51. The third-order valence-corrected chi connectivity index (χ3v) is 4.87. The zero-order valence-corrected chi connectivity index (χ0v) is 12.1. The fourth-order valence-corrected chi connectivity index (χ4v) is 3.56. The molecule has 0 amide bonds. The highest BCUT2D eigenvalue weighted by Gasteiger charge is 2.28. The van der Waals surface area contributed by atoms with Crippen molar-refractivity contribution < 1.29 is 0 Å². The molecule has 0 aliphatic carbocycles. The van der Waals surface area contributed by atoms with Crippen molar-refractivity contribution in [3.05, 3.63) is 21.9 Å². The van der Waals surface area contributed by atoms with Crippen LogP contribution in [0.2, 0.25) is 0 Å². The monoisotopic (exact) mass is 252 g/mol. The summed E-state index contributed by atoms with van der Waals surface area (Å²) in [4.78, 5) is 4.17. The van der Waals surface area contributed by atoms with Gasteiger partial charge in [-0.05, 0) is 36.8 Å². The van der Waals surface area contributed by atoms with Gasteiger partial charge in [0.2, 0.25) is 0 Å². The molecule has 0 spiro atoms. The molecule has 0 bridgehead atoms. The number of rotatable bonds is 4. The molecule has 1 fully saturated rings. The highest BCUT2D eigenvalue weighted by molar-refractivity contribution is 7.10. The van der Waals surface area contributed by atoms with E-state index in [1.54, 1.807) is 4.88 Å². The Morgan fingerprint density at radius 3 is 3.00 bits per heavy atom. The van der Waals surface area contributed by atoms with Crippen LogP contribution in [0.3, 0.4) is 0 Å². The second-order valence-electron chi connectivity index (χ2n) is 5.27. The molecule has 0 radical (unpaired) electrons. The minimum atomic E-state index is 0.307. The second-order valence-corrected chi connectivity index (χ2v) is 6.27. The molecule has 2 rings (SSSR count). The van der Waals surface area contributed by atoms with E-state index in [2.05, 4.69) is 42.4 Å². The maximum atomic E-state index is 3.65. The van der Waals surface area contributed by atoms with E-state index in [-0.39, 0.29) is 0 Å². The van der Waals surface area contributed by atoms with Crippen molar-refractivity contribution in [3.63, 3.8) is 0 Å². The van der Waals surface area contributed by atoms with Crippen LogP contribution in [0.1, 0.15) is 37.6 Å². The highest BCUT2D eigenvalue weighted by atomic mass is 32.1. The summed E-state index contributed by atoms with van der Waals surface area (Å²) in [6.07, 6.45) is 2.37. The zero-order chi connectivity index (χ0) is 12.3. The Bertz CT molecular complexity index is 361. The number of thiophene rings is 1. The predicted molar refractivity (Wildman–Crippen MR) is 75.7 cm³/mol. The SMILES string of the molecule is CCc1ccsc1CN1CCNC(C)(CC)C1. The van der Waals surface area contributed by atoms with E-state index < -0.39 is 0 Å². The Morgan fingerprint density at radius 2 is 2.29 bits per heavy atom. The number of hydrogen-bond acceptors (Lipinski definition) is 3. The van der Waals surface area contributed by atoms with Gasteiger partial charge in [0, 0.05) is 36.6 Å². The average molecular weight is 252 g/mol. The first-order valence-corrected chi connectivity index (χ1v) is 7.57. The van der Waals surface area contributed by atoms with E-state index in [1.807, 2.05) is 11.3 Å². The minimum Gasteiger partial charge on any atom is -0.309 e. The molecule has 1 atom stereocenters. The Labute approximate surface area is 109 Å². The van der Waals surface area contributed by atoms with Crippen LogP contribution < -0.4 is 5.32 Å². The van der Waals surface area contributed by atoms with Gasteiger partial charge >= 0.3 is 0 Å². The van der Waals surface area contributed by atoms with Crippen molar-refractivity contribution in [2.24, 2.45) is 0 Å². The molecule has 17 heavy (non-hydrogen) atoms. The molecule has 0 aromatic carbocycles. The Balaban J connectivity index is 1.99. The molecule has 1 aliphatic heterocycles. The molecule has 1 aromatic heterocycles. The lowest BCUT2D eigenvalue weighted by atomic mass is 9.96. The fourth-order valence-electron chi connectivity index (χ4n) is 2.54. The largest absolute Gasteiger partial charge is 0.309 e. The molecule has 2 nitrogen and oxygen atoms in total. The van der Waals surface area contributed by atoms with Gasteiger partial charge in [0.15, 0.2) is 0 Å². The van der Waals surface area contributed by atoms with E-state index >= 15 is 0 Å². The molecule has 1 unspecified atom stereocenters. The van der Waals surface area contributed by atoms with Gasteiger partial charge in [-0.15, -0.1) is 11.3 Å². The lowest BCUT2D eigenvalue weighted by Crippen LogP contribution is -2.58. The first kappa shape index (κ1) is 13.1. The van der Waals surface area contributed by atoms with Crippen LogP contribution in [-0.2, 0) is 13.0 Å². The molecular formula is C14H24N2S. The lowest BCUT2D eigenvalue weighted by molar-refractivity contribution is 0.134. The zero-order valence-electron chi connectivity index (χ0n) is 11.3. The van der Waals surface area contributed by atoms with Gasteiger partial charge in [-0.3, -0.25) is 4.90 Å². The van der Waals surface area contributed by atoms with Crippen LogP contribution in [0.15, 0.2) is 11.4 Å². The molecule has 1 N–H and O–H groups in total. The van der Waals surface area contributed by atoms with Crippen molar-refractivity contribution in [3.8, 4) is 0 Å². The third kappa shape index (κ3) is 3.09. The quantitative estimate of drug-likeness (QED) is 0.886. The summed E-state index contributed by atoms with van der Waals surface area (Å²) in [5, 5.41) is 5.88. The van der Waals surface area contributed by atoms with Gasteiger partial charge in [0.05, 0.1) is 0 Å². The standard InChI is InChI=1S/C14H24N2S/c1-4-12-6-9-17-13(12)10-16-8-7-15-14(3,5-2)11-16/h6,9,15H,4-5,7-8,10-11H2,1-3H3. The van der Waals surface area contributed by atoms with E-state index in [0.29, 0.717) is 5.54 Å². The normalized spacial score (nSPS) is 26.3. The van der Waals surface area contributed by atoms with Crippen molar-refractivity contribution in [1.29, 1.82) is 0 Å². The maximum Gasteiger partial charge on any atom is 0.0332 e. The minimum absolute atomic E-state index is 0.307. The third-order valence-electron chi connectivity index (χ3n) is 3.92. The maximum absolute atomic E-state index is 3.65. The smallest absolute Gasteiger partial charge is 0.0332 e. The molecule has 96 valence electrons. The van der Waals surface area contributed by atoms with E-state index in [1.165, 1.54) is 25.1 Å². The van der Waals surface area contributed by atoms with Crippen molar-refractivity contribution in [1.82, 2.24) is 10.2 Å². The van der Waals surface area contributed by atoms with Crippen LogP contribution >= 0.6 is 11.3 Å². The lowest BCUT2D eigenvalue weighted by Gasteiger charge is -2.41. The summed E-state index contributed by atoms with van der Waals surface area (Å²) in [5.41, 5.74) is 1.84. The Kier molecular flexibility index (Phi) is 4.23. The number of piperazine rings is 1. The van der Waals surface area contributed by atoms with Crippen molar-refractivity contribution in [2.75, 3.05) is 19.6 Å². The van der Waals surface area contributed by atoms with Crippen molar-refractivity contribution >= 4 is 11.3 Å². The van der Waals surface area contributed by atoms with Gasteiger partial charge in [0.1, 0.15) is 0 Å². The topological polar surface area (TPSA) is 15.3 Å². The molecular weight excluding hydrogens is 228 g/mol. The first-order valence-electron chi connectivity index (χ1n) is 6.69. The number of nitrogens with zero attached hydrogens (tertiary/aromatic N) is 1. The summed E-state index contributed by atoms with van der Waals surface area (Å²) in [5.74, 6) is 0. The number of aryl methyl sites for hydroxylation is 1. The van der Waals surface area contributed by atoms with Crippen molar-refractivity contribution in [2.45, 2.75) is 45.7 Å². The Hall–Kier alpha value is -0.380. The summed E-state index contributed by atoms with van der Waals surface area (Å²) in [6, 6.07) is 2.28. The molecule has 0 saturated carbocycles.